The van der Waals surface area contributed by atoms with E-state index in [9.17, 15) is 14.4 Å². The summed E-state index contributed by atoms with van der Waals surface area (Å²) in [5.74, 6) is -2.66. The lowest BCUT2D eigenvalue weighted by atomic mass is 10.00. The number of methoxy groups -OCH3 is 1. The fourth-order valence-electron chi connectivity index (χ4n) is 2.78. The molecule has 2 aliphatic heterocycles. The maximum atomic E-state index is 11.5. The van der Waals surface area contributed by atoms with E-state index in [1.54, 1.807) is 0 Å². The summed E-state index contributed by atoms with van der Waals surface area (Å²) in [5.41, 5.74) is 0.870. The standard InChI is InChI=1S/C11H17NO2.C4H4O4/c1-12-8-4-3-5-9(11(13)14-2)10(12)7-6-8;5-3(6)1-2-4(7)8/h5,8,10H,3-4,6-7H2,1-2H3;1-2H,(H,5,6)(H,7,8)/t8?,10-;/m1./s1. The molecular weight excluding hydrogens is 290 g/mol. The van der Waals surface area contributed by atoms with Crippen molar-refractivity contribution in [2.45, 2.75) is 37.8 Å². The van der Waals surface area contributed by atoms with Crippen molar-refractivity contribution in [3.63, 3.8) is 0 Å². The second kappa shape index (κ2) is 8.33. The number of hydrogen-bond acceptors (Lipinski definition) is 5. The van der Waals surface area contributed by atoms with Crippen LogP contribution < -0.4 is 0 Å². The van der Waals surface area contributed by atoms with Crippen LogP contribution in [0.3, 0.4) is 0 Å². The zero-order chi connectivity index (χ0) is 16.7. The summed E-state index contributed by atoms with van der Waals surface area (Å²) < 4.78 is 4.81. The van der Waals surface area contributed by atoms with Gasteiger partial charge >= 0.3 is 17.9 Å². The first-order valence-electron chi connectivity index (χ1n) is 7.01. The van der Waals surface area contributed by atoms with Crippen LogP contribution in [0, 0.1) is 0 Å². The highest BCUT2D eigenvalue weighted by atomic mass is 16.5. The number of rotatable bonds is 3. The molecule has 7 heteroatoms. The minimum Gasteiger partial charge on any atom is -0.478 e. The fourth-order valence-corrected chi connectivity index (χ4v) is 2.78. The van der Waals surface area contributed by atoms with Crippen LogP contribution in [0.25, 0.3) is 0 Å². The first-order valence-corrected chi connectivity index (χ1v) is 7.01. The average Bonchev–Trinajstić information content (AvgIpc) is 2.71. The Kier molecular flexibility index (Phi) is 6.78. The van der Waals surface area contributed by atoms with Crippen LogP contribution in [0.2, 0.25) is 0 Å². The molecule has 2 aliphatic rings. The van der Waals surface area contributed by atoms with Gasteiger partial charge in [-0.15, -0.1) is 0 Å². The summed E-state index contributed by atoms with van der Waals surface area (Å²) in [6.45, 7) is 0. The normalized spacial score (nSPS) is 24.0. The molecule has 2 atom stereocenters. The molecule has 0 aromatic rings. The molecule has 2 rings (SSSR count). The summed E-state index contributed by atoms with van der Waals surface area (Å²) in [7, 11) is 3.57. The zero-order valence-corrected chi connectivity index (χ0v) is 12.7. The number of likely N-dealkylation sites (N-methyl/N-ethyl adjacent to an activating group) is 1. The number of esters is 1. The van der Waals surface area contributed by atoms with Gasteiger partial charge in [-0.1, -0.05) is 6.08 Å². The van der Waals surface area contributed by atoms with Crippen LogP contribution in [0.1, 0.15) is 25.7 Å². The third-order valence-corrected chi connectivity index (χ3v) is 3.85. The third kappa shape index (κ3) is 5.00. The Hall–Kier alpha value is -2.15. The summed E-state index contributed by atoms with van der Waals surface area (Å²) in [6.07, 6.45) is 7.68. The summed E-state index contributed by atoms with van der Waals surface area (Å²) >= 11 is 0. The van der Waals surface area contributed by atoms with Crippen molar-refractivity contribution < 1.29 is 29.3 Å². The molecule has 2 heterocycles. The average molecular weight is 311 g/mol. The number of carboxylic acids is 2. The Morgan fingerprint density at radius 1 is 1.18 bits per heavy atom. The number of carboxylic acid groups (broad SMARTS) is 2. The summed E-state index contributed by atoms with van der Waals surface area (Å²) in [6, 6.07) is 0.966. The van der Waals surface area contributed by atoms with E-state index in [0.29, 0.717) is 24.2 Å². The first kappa shape index (κ1) is 17.9. The first-order chi connectivity index (χ1) is 10.4. The molecule has 122 valence electrons. The molecule has 0 amide bonds. The van der Waals surface area contributed by atoms with Crippen molar-refractivity contribution >= 4 is 17.9 Å². The van der Waals surface area contributed by atoms with E-state index in [1.807, 2.05) is 0 Å². The fraction of sp³-hybridized carbons (Fsp3) is 0.533. The van der Waals surface area contributed by atoms with Crippen molar-refractivity contribution in [3.05, 3.63) is 23.8 Å². The van der Waals surface area contributed by atoms with Gasteiger partial charge in [0.25, 0.3) is 0 Å². The summed E-state index contributed by atoms with van der Waals surface area (Å²) in [4.78, 5) is 33.0. The van der Waals surface area contributed by atoms with Gasteiger partial charge in [-0.25, -0.2) is 14.4 Å². The Bertz CT molecular complexity index is 480. The lowest BCUT2D eigenvalue weighted by molar-refractivity contribution is -0.137. The van der Waals surface area contributed by atoms with Crippen LogP contribution in [-0.4, -0.2) is 59.3 Å². The van der Waals surface area contributed by atoms with Crippen molar-refractivity contribution in [1.82, 2.24) is 4.90 Å². The van der Waals surface area contributed by atoms with Gasteiger partial charge in [0, 0.05) is 24.2 Å². The number of hydrogen-bond donors (Lipinski definition) is 2. The largest absolute Gasteiger partial charge is 0.478 e. The summed E-state index contributed by atoms with van der Waals surface area (Å²) in [5, 5.41) is 15.6. The molecule has 2 bridgehead atoms. The van der Waals surface area contributed by atoms with Gasteiger partial charge in [0.05, 0.1) is 12.7 Å². The van der Waals surface area contributed by atoms with E-state index >= 15 is 0 Å². The highest BCUT2D eigenvalue weighted by molar-refractivity contribution is 5.90. The monoisotopic (exact) mass is 311 g/mol. The smallest absolute Gasteiger partial charge is 0.335 e. The van der Waals surface area contributed by atoms with Gasteiger partial charge in [0.15, 0.2) is 0 Å². The molecule has 22 heavy (non-hydrogen) atoms. The van der Waals surface area contributed by atoms with Gasteiger partial charge in [0.2, 0.25) is 0 Å². The Morgan fingerprint density at radius 3 is 2.27 bits per heavy atom. The van der Waals surface area contributed by atoms with Gasteiger partial charge in [-0.05, 0) is 32.7 Å². The predicted octanol–water partition coefficient (Wildman–Crippen LogP) is 1.05. The molecule has 1 unspecified atom stereocenters. The SMILES string of the molecule is COC(=O)C1=CCCC2CC[C@H]1N2C.O=C(O)C=CC(=O)O. The molecule has 0 aromatic carbocycles. The topological polar surface area (TPSA) is 104 Å². The van der Waals surface area contributed by atoms with Gasteiger partial charge in [-0.3, -0.25) is 4.90 Å². The maximum Gasteiger partial charge on any atom is 0.335 e. The number of aliphatic carboxylic acids is 2. The lowest BCUT2D eigenvalue weighted by Gasteiger charge is -2.23. The van der Waals surface area contributed by atoms with Crippen molar-refractivity contribution in [2.24, 2.45) is 0 Å². The second-order valence-electron chi connectivity index (χ2n) is 5.15. The van der Waals surface area contributed by atoms with Gasteiger partial charge < -0.3 is 14.9 Å². The van der Waals surface area contributed by atoms with E-state index in [4.69, 9.17) is 14.9 Å². The number of allylic oxidation sites excluding steroid dienone is 1. The number of fused-ring (bicyclic) bond motifs is 2. The molecule has 0 aliphatic carbocycles. The van der Waals surface area contributed by atoms with Crippen LogP contribution >= 0.6 is 0 Å². The zero-order valence-electron chi connectivity index (χ0n) is 12.7. The van der Waals surface area contributed by atoms with E-state index in [0.717, 1.165) is 18.4 Å². The highest BCUT2D eigenvalue weighted by Crippen LogP contribution is 2.33. The molecular formula is C15H21NO6. The molecule has 0 saturated carbocycles. The Balaban J connectivity index is 0.000000261. The van der Waals surface area contributed by atoms with Crippen molar-refractivity contribution in [2.75, 3.05) is 14.2 Å². The quantitative estimate of drug-likeness (QED) is 0.593. The number of nitrogens with zero attached hydrogens (tertiary/aromatic N) is 1. The van der Waals surface area contributed by atoms with Crippen LogP contribution in [0.15, 0.2) is 23.8 Å². The second-order valence-corrected chi connectivity index (χ2v) is 5.15. The van der Waals surface area contributed by atoms with Gasteiger partial charge in [-0.2, -0.15) is 0 Å². The lowest BCUT2D eigenvalue weighted by Crippen LogP contribution is -2.34. The van der Waals surface area contributed by atoms with E-state index in [2.05, 4.69) is 18.0 Å². The predicted molar refractivity (Wildman–Crippen MR) is 78.3 cm³/mol. The molecule has 1 fully saturated rings. The van der Waals surface area contributed by atoms with E-state index in [-0.39, 0.29) is 5.97 Å². The third-order valence-electron chi connectivity index (χ3n) is 3.85. The Labute approximate surface area is 128 Å². The Morgan fingerprint density at radius 2 is 1.77 bits per heavy atom. The number of carbonyl (C=O) groups excluding carboxylic acids is 1. The number of carbonyl (C=O) groups is 3. The molecule has 0 radical (unpaired) electrons. The van der Waals surface area contributed by atoms with Crippen molar-refractivity contribution in [3.8, 4) is 0 Å². The molecule has 1 saturated heterocycles. The van der Waals surface area contributed by atoms with E-state index in [1.165, 1.54) is 20.0 Å². The minimum atomic E-state index is -1.26. The van der Waals surface area contributed by atoms with Crippen LogP contribution in [-0.2, 0) is 19.1 Å². The molecule has 7 nitrogen and oxygen atoms in total. The van der Waals surface area contributed by atoms with Crippen LogP contribution in [0.5, 0.6) is 0 Å². The maximum absolute atomic E-state index is 11.5. The minimum absolute atomic E-state index is 0.149. The molecule has 0 aromatic heterocycles. The van der Waals surface area contributed by atoms with Crippen molar-refractivity contribution in [1.29, 1.82) is 0 Å². The van der Waals surface area contributed by atoms with Crippen LogP contribution in [0.4, 0.5) is 0 Å². The molecule has 0 spiro atoms. The van der Waals surface area contributed by atoms with E-state index < -0.39 is 11.9 Å². The highest BCUT2D eigenvalue weighted by Gasteiger charge is 2.36. The molecule has 2 N–H and O–H groups in total. The van der Waals surface area contributed by atoms with Gasteiger partial charge in [0.1, 0.15) is 0 Å². The number of ether oxygens (including phenoxy) is 1.